The van der Waals surface area contributed by atoms with E-state index in [1.807, 2.05) is 11.1 Å². The van der Waals surface area contributed by atoms with Gasteiger partial charge in [0.15, 0.2) is 5.82 Å². The summed E-state index contributed by atoms with van der Waals surface area (Å²) < 4.78 is 16.3. The van der Waals surface area contributed by atoms with E-state index >= 15 is 0 Å². The molecule has 0 radical (unpaired) electrons. The second-order valence-corrected chi connectivity index (χ2v) is 9.03. The Morgan fingerprint density at radius 3 is 2.68 bits per heavy atom. The molecule has 2 aromatic heterocycles. The van der Waals surface area contributed by atoms with Crippen molar-refractivity contribution >= 4 is 17.3 Å². The predicted octanol–water partition coefficient (Wildman–Crippen LogP) is 5.38. The van der Waals surface area contributed by atoms with Crippen molar-refractivity contribution in [2.24, 2.45) is 4.99 Å². The number of rotatable bonds is 6. The second kappa shape index (κ2) is 9.00. The fourth-order valence-corrected chi connectivity index (χ4v) is 4.77. The summed E-state index contributed by atoms with van der Waals surface area (Å²) in [6.45, 7) is 10.4. The number of hydrogen-bond donors (Lipinski definition) is 0. The van der Waals surface area contributed by atoms with Crippen molar-refractivity contribution in [3.05, 3.63) is 61.5 Å². The highest BCUT2D eigenvalue weighted by Crippen LogP contribution is 2.42. The average Bonchev–Trinajstić information content (AvgIpc) is 3.27. The zero-order valence-electron chi connectivity index (χ0n) is 19.9. The van der Waals surface area contributed by atoms with Gasteiger partial charge in [-0.25, -0.2) is 14.4 Å². The number of nitrogens with zero attached hydrogens (tertiary/aromatic N) is 7. The Balaban J connectivity index is 1.67. The van der Waals surface area contributed by atoms with E-state index in [1.165, 1.54) is 12.5 Å². The molecule has 176 valence electrons. The quantitative estimate of drug-likeness (QED) is 0.495. The molecule has 0 bridgehead atoms. The van der Waals surface area contributed by atoms with Gasteiger partial charge in [0.05, 0.1) is 17.8 Å². The predicted molar refractivity (Wildman–Crippen MR) is 134 cm³/mol. The van der Waals surface area contributed by atoms with E-state index in [0.717, 1.165) is 36.6 Å². The molecule has 8 heteroatoms. The maximum Gasteiger partial charge on any atom is 0.237 e. The highest BCUT2D eigenvalue weighted by atomic mass is 19.1. The molecule has 2 aliphatic rings. The van der Waals surface area contributed by atoms with E-state index < -0.39 is 0 Å². The number of aromatic nitrogens is 4. The fraction of sp³-hybridized carbons (Fsp3) is 0.385. The molecule has 1 aliphatic carbocycles. The van der Waals surface area contributed by atoms with Gasteiger partial charge in [0, 0.05) is 30.7 Å². The monoisotopic (exact) mass is 459 g/mol. The molecular formula is C26H30FN7. The molecule has 1 aliphatic heterocycles. The van der Waals surface area contributed by atoms with Crippen LogP contribution in [0.5, 0.6) is 0 Å². The van der Waals surface area contributed by atoms with Crippen molar-refractivity contribution in [3.8, 4) is 17.3 Å². The van der Waals surface area contributed by atoms with Crippen molar-refractivity contribution in [3.63, 3.8) is 0 Å². The molecule has 0 N–H and O–H groups in total. The molecule has 7 nitrogen and oxygen atoms in total. The molecule has 0 saturated heterocycles. The lowest BCUT2D eigenvalue weighted by molar-refractivity contribution is 0.369. The zero-order chi connectivity index (χ0) is 23.8. The minimum absolute atomic E-state index is 0.0924. The Bertz CT molecular complexity index is 1230. The third-order valence-electron chi connectivity index (χ3n) is 6.52. The summed E-state index contributed by atoms with van der Waals surface area (Å²) in [4.78, 5) is 23.5. The number of benzene rings is 1. The van der Waals surface area contributed by atoms with E-state index in [9.17, 15) is 4.39 Å². The second-order valence-electron chi connectivity index (χ2n) is 9.03. The summed E-state index contributed by atoms with van der Waals surface area (Å²) in [5.74, 6) is 2.44. The topological polar surface area (TPSA) is 62.4 Å². The van der Waals surface area contributed by atoms with Gasteiger partial charge in [-0.15, -0.1) is 0 Å². The smallest absolute Gasteiger partial charge is 0.237 e. The molecule has 0 unspecified atom stereocenters. The summed E-state index contributed by atoms with van der Waals surface area (Å²) >= 11 is 0. The van der Waals surface area contributed by atoms with Crippen LogP contribution in [0.15, 0.2) is 60.6 Å². The molecule has 3 aromatic rings. The lowest BCUT2D eigenvalue weighted by Crippen LogP contribution is -2.57. The first kappa shape index (κ1) is 22.3. The lowest BCUT2D eigenvalue weighted by Gasteiger charge is -2.49. The van der Waals surface area contributed by atoms with Crippen LogP contribution in [0, 0.1) is 5.82 Å². The lowest BCUT2D eigenvalue weighted by atomic mass is 9.88. The third-order valence-corrected chi connectivity index (χ3v) is 6.52. The first-order valence-electron chi connectivity index (χ1n) is 12.0. The van der Waals surface area contributed by atoms with Gasteiger partial charge >= 0.3 is 0 Å². The van der Waals surface area contributed by atoms with Gasteiger partial charge in [-0.05, 0) is 51.7 Å². The van der Waals surface area contributed by atoms with Gasteiger partial charge in [-0.1, -0.05) is 25.6 Å². The largest absolute Gasteiger partial charge is 0.342 e. The molecule has 34 heavy (non-hydrogen) atoms. The Labute approximate surface area is 199 Å². The van der Waals surface area contributed by atoms with Gasteiger partial charge < -0.3 is 4.90 Å². The molecule has 1 saturated carbocycles. The van der Waals surface area contributed by atoms with Crippen LogP contribution in [0.4, 0.5) is 15.9 Å². The minimum atomic E-state index is -0.331. The van der Waals surface area contributed by atoms with Crippen molar-refractivity contribution in [1.29, 1.82) is 0 Å². The van der Waals surface area contributed by atoms with Crippen LogP contribution in [-0.2, 0) is 0 Å². The number of aliphatic imine (C=N–C) groups is 1. The number of halogens is 1. The van der Waals surface area contributed by atoms with Gasteiger partial charge in [0.2, 0.25) is 5.95 Å². The Morgan fingerprint density at radius 2 is 2.03 bits per heavy atom. The van der Waals surface area contributed by atoms with E-state index in [0.29, 0.717) is 23.4 Å². The first-order valence-corrected chi connectivity index (χ1v) is 12.0. The van der Waals surface area contributed by atoms with Crippen molar-refractivity contribution in [2.45, 2.75) is 64.6 Å². The van der Waals surface area contributed by atoms with Crippen LogP contribution in [0.2, 0.25) is 0 Å². The Kier molecular flexibility index (Phi) is 5.89. The summed E-state index contributed by atoms with van der Waals surface area (Å²) in [7, 11) is 0. The van der Waals surface area contributed by atoms with Crippen molar-refractivity contribution in [1.82, 2.24) is 19.5 Å². The van der Waals surface area contributed by atoms with Crippen LogP contribution in [0.3, 0.4) is 0 Å². The van der Waals surface area contributed by atoms with Gasteiger partial charge in [0.25, 0.3) is 0 Å². The number of hydrogen-bond acceptors (Lipinski definition) is 5. The minimum Gasteiger partial charge on any atom is -0.342 e. The summed E-state index contributed by atoms with van der Waals surface area (Å²) in [5, 5.41) is 0. The van der Waals surface area contributed by atoms with E-state index in [2.05, 4.69) is 42.2 Å². The van der Waals surface area contributed by atoms with E-state index in [4.69, 9.17) is 9.98 Å². The molecule has 1 atom stereocenters. The Hall–Kier alpha value is -3.55. The maximum absolute atomic E-state index is 14.6. The molecule has 0 spiro atoms. The summed E-state index contributed by atoms with van der Waals surface area (Å²) in [5.41, 5.74) is 1.28. The summed E-state index contributed by atoms with van der Waals surface area (Å²) in [6, 6.07) is 7.28. The summed E-state index contributed by atoms with van der Waals surface area (Å²) in [6.07, 6.45) is 11.4. The highest BCUT2D eigenvalue weighted by molar-refractivity contribution is 6.09. The molecule has 0 amide bonds. The van der Waals surface area contributed by atoms with Crippen LogP contribution in [-0.4, -0.2) is 43.5 Å². The Morgan fingerprint density at radius 1 is 1.24 bits per heavy atom. The van der Waals surface area contributed by atoms with Crippen LogP contribution >= 0.6 is 0 Å². The molecule has 1 fully saturated rings. The fourth-order valence-electron chi connectivity index (χ4n) is 4.77. The average molecular weight is 460 g/mol. The van der Waals surface area contributed by atoms with Gasteiger partial charge in [-0.3, -0.25) is 14.5 Å². The molecular weight excluding hydrogens is 429 g/mol. The van der Waals surface area contributed by atoms with Crippen LogP contribution in [0.25, 0.3) is 17.3 Å². The number of anilines is 2. The molecule has 5 rings (SSSR count). The number of fused-ring (bicyclic) bond motifs is 1. The first-order chi connectivity index (χ1) is 16.5. The zero-order valence-corrected chi connectivity index (χ0v) is 19.9. The molecule has 3 heterocycles. The SMILES string of the molecule is C=CN1/C(=N\C(C)C)[C@@H](CC)N(C2CCC2)c2nc(-n3ccnc3-c3ccccc3F)ncc21. The van der Waals surface area contributed by atoms with E-state index in [-0.39, 0.29) is 17.9 Å². The van der Waals surface area contributed by atoms with Gasteiger partial charge in [-0.2, -0.15) is 4.98 Å². The highest BCUT2D eigenvalue weighted by Gasteiger charge is 2.41. The number of imidazole rings is 1. The number of amidine groups is 1. The van der Waals surface area contributed by atoms with E-state index in [1.54, 1.807) is 41.4 Å². The van der Waals surface area contributed by atoms with Crippen LogP contribution < -0.4 is 9.80 Å². The maximum atomic E-state index is 14.6. The van der Waals surface area contributed by atoms with Crippen LogP contribution in [0.1, 0.15) is 46.5 Å². The molecule has 1 aromatic carbocycles. The standard InChI is InChI=1S/C26H30FN7/c1-5-21-24(30-17(3)4)32(6-2)22-16-29-26(31-25(22)34(21)18-10-9-11-18)33-15-14-28-23(33)19-12-7-8-13-20(19)27/h6-8,12-18,21H,2,5,9-11H2,1,3-4H3/b30-24-/t21-/m1/s1. The van der Waals surface area contributed by atoms with Crippen molar-refractivity contribution in [2.75, 3.05) is 9.80 Å². The van der Waals surface area contributed by atoms with Gasteiger partial charge in [0.1, 0.15) is 23.2 Å². The third kappa shape index (κ3) is 3.67. The normalized spacial score (nSPS) is 19.4. The van der Waals surface area contributed by atoms with Crippen molar-refractivity contribution < 1.29 is 4.39 Å².